The lowest BCUT2D eigenvalue weighted by molar-refractivity contribution is -0.0288. The van der Waals surface area contributed by atoms with Gasteiger partial charge >= 0.3 is 0 Å². The van der Waals surface area contributed by atoms with E-state index in [-0.39, 0.29) is 47.9 Å². The van der Waals surface area contributed by atoms with Gasteiger partial charge in [-0.15, -0.1) is 24.8 Å². The predicted octanol–water partition coefficient (Wildman–Crippen LogP) is 4.20. The van der Waals surface area contributed by atoms with E-state index < -0.39 is 33.6 Å². The van der Waals surface area contributed by atoms with Crippen molar-refractivity contribution in [3.05, 3.63) is 66.0 Å². The van der Waals surface area contributed by atoms with Crippen LogP contribution in [0, 0.1) is 11.6 Å². The number of sulfone groups is 1. The summed E-state index contributed by atoms with van der Waals surface area (Å²) < 4.78 is 58.8. The number of nitrogens with zero attached hydrogens (tertiary/aromatic N) is 1. The molecule has 0 aliphatic carbocycles. The highest BCUT2D eigenvalue weighted by molar-refractivity contribution is 7.90. The molecule has 3 atom stereocenters. The molecule has 0 saturated carbocycles. The molecule has 1 aliphatic heterocycles. The topological polar surface area (TPSA) is 74.3 Å². The standard InChI is InChI=1S/C20H20F2N2O3S.2ClH/c1-28(25,26)16-4-2-12-9-24(10-13(12)6-16)15-8-19(23)20(27-11-15)17-7-14(21)3-5-18(17)22;;/h2-7,9-10,15,19-20H,8,11,23H2,1H3;2*1H/t15-,19+,20-;;/m1../s1. The first kappa shape index (κ1) is 24.6. The van der Waals surface area contributed by atoms with Crippen molar-refractivity contribution in [2.75, 3.05) is 12.9 Å². The molecule has 2 N–H and O–H groups in total. The van der Waals surface area contributed by atoms with Crippen LogP contribution in [-0.4, -0.2) is 31.9 Å². The van der Waals surface area contributed by atoms with Crippen molar-refractivity contribution >= 4 is 45.4 Å². The minimum atomic E-state index is -3.28. The second-order valence-corrected chi connectivity index (χ2v) is 9.26. The molecule has 0 amide bonds. The maximum absolute atomic E-state index is 14.1. The van der Waals surface area contributed by atoms with E-state index in [2.05, 4.69) is 0 Å². The molecule has 5 nitrogen and oxygen atoms in total. The second-order valence-electron chi connectivity index (χ2n) is 7.24. The van der Waals surface area contributed by atoms with Gasteiger partial charge in [-0.2, -0.15) is 0 Å². The molecular weight excluding hydrogens is 457 g/mol. The molecule has 3 aromatic rings. The summed E-state index contributed by atoms with van der Waals surface area (Å²) in [5.74, 6) is -1.08. The summed E-state index contributed by atoms with van der Waals surface area (Å²) in [7, 11) is -3.28. The molecule has 0 radical (unpaired) electrons. The van der Waals surface area contributed by atoms with Gasteiger partial charge in [0.1, 0.15) is 17.7 Å². The first-order chi connectivity index (χ1) is 13.2. The Morgan fingerprint density at radius 3 is 2.43 bits per heavy atom. The molecule has 4 rings (SSSR count). The van der Waals surface area contributed by atoms with Crippen molar-refractivity contribution in [1.82, 2.24) is 4.57 Å². The van der Waals surface area contributed by atoms with Crippen LogP contribution < -0.4 is 5.73 Å². The lowest BCUT2D eigenvalue weighted by atomic mass is 9.94. The number of ether oxygens (including phenoxy) is 1. The van der Waals surface area contributed by atoms with Crippen LogP contribution in [0.2, 0.25) is 0 Å². The largest absolute Gasteiger partial charge is 0.370 e. The molecule has 1 aliphatic rings. The zero-order chi connectivity index (χ0) is 20.1. The fraction of sp³-hybridized carbons (Fsp3) is 0.300. The Balaban J connectivity index is 0.00000160. The molecule has 164 valence electrons. The number of benzene rings is 2. The summed E-state index contributed by atoms with van der Waals surface area (Å²) in [6, 6.07) is 7.64. The molecule has 2 heterocycles. The van der Waals surface area contributed by atoms with Crippen LogP contribution in [0.5, 0.6) is 0 Å². The van der Waals surface area contributed by atoms with Crippen LogP contribution >= 0.6 is 24.8 Å². The molecule has 0 unspecified atom stereocenters. The SMILES string of the molecule is CS(=O)(=O)c1ccc2cn([C@H]3CO[C@H](c4cc(F)ccc4F)[C@@H](N)C3)cc2c1.Cl.Cl. The summed E-state index contributed by atoms with van der Waals surface area (Å²) in [6.45, 7) is 0.286. The Bertz CT molecular complexity index is 1150. The normalized spacial score (nSPS) is 21.7. The molecule has 1 aromatic heterocycles. The zero-order valence-corrected chi connectivity index (χ0v) is 18.4. The van der Waals surface area contributed by atoms with Gasteiger partial charge in [-0.25, -0.2) is 17.2 Å². The van der Waals surface area contributed by atoms with Crippen molar-refractivity contribution < 1.29 is 21.9 Å². The molecule has 2 aromatic carbocycles. The maximum atomic E-state index is 14.1. The van der Waals surface area contributed by atoms with E-state index in [4.69, 9.17) is 10.5 Å². The van der Waals surface area contributed by atoms with Crippen LogP contribution in [0.1, 0.15) is 24.1 Å². The maximum Gasteiger partial charge on any atom is 0.175 e. The Labute approximate surface area is 185 Å². The van der Waals surface area contributed by atoms with Crippen molar-refractivity contribution in [3.63, 3.8) is 0 Å². The fourth-order valence-corrected chi connectivity index (χ4v) is 4.34. The monoisotopic (exact) mass is 478 g/mol. The first-order valence-corrected chi connectivity index (χ1v) is 10.7. The lowest BCUT2D eigenvalue weighted by Gasteiger charge is -2.35. The summed E-state index contributed by atoms with van der Waals surface area (Å²) >= 11 is 0. The average Bonchev–Trinajstić information content (AvgIpc) is 3.06. The Kier molecular flexibility index (Phi) is 7.53. The Hall–Kier alpha value is -1.71. The van der Waals surface area contributed by atoms with Crippen molar-refractivity contribution in [3.8, 4) is 0 Å². The van der Waals surface area contributed by atoms with Gasteiger partial charge in [0.2, 0.25) is 0 Å². The van der Waals surface area contributed by atoms with E-state index in [9.17, 15) is 17.2 Å². The molecule has 10 heteroatoms. The van der Waals surface area contributed by atoms with E-state index in [1.54, 1.807) is 18.2 Å². The van der Waals surface area contributed by atoms with Crippen LogP contribution in [0.4, 0.5) is 8.78 Å². The quantitative estimate of drug-likeness (QED) is 0.611. The molecular formula is C20H22Cl2F2N2O3S. The number of aromatic nitrogens is 1. The summed E-state index contributed by atoms with van der Waals surface area (Å²) in [4.78, 5) is 0.260. The molecule has 0 bridgehead atoms. The average molecular weight is 479 g/mol. The van der Waals surface area contributed by atoms with E-state index in [0.29, 0.717) is 6.42 Å². The number of rotatable bonds is 3. The van der Waals surface area contributed by atoms with E-state index >= 15 is 0 Å². The minimum absolute atomic E-state index is 0. The molecule has 0 spiro atoms. The van der Waals surface area contributed by atoms with Crippen LogP contribution in [0.25, 0.3) is 10.8 Å². The highest BCUT2D eigenvalue weighted by Gasteiger charge is 2.32. The lowest BCUT2D eigenvalue weighted by Crippen LogP contribution is -2.39. The van der Waals surface area contributed by atoms with Crippen molar-refractivity contribution in [1.29, 1.82) is 0 Å². The van der Waals surface area contributed by atoms with Crippen LogP contribution in [0.3, 0.4) is 0 Å². The smallest absolute Gasteiger partial charge is 0.175 e. The summed E-state index contributed by atoms with van der Waals surface area (Å²) in [5, 5.41) is 1.70. The predicted molar refractivity (Wildman–Crippen MR) is 116 cm³/mol. The number of halogens is 4. The van der Waals surface area contributed by atoms with Gasteiger partial charge < -0.3 is 15.0 Å². The minimum Gasteiger partial charge on any atom is -0.370 e. The van der Waals surface area contributed by atoms with Gasteiger partial charge in [-0.3, -0.25) is 0 Å². The van der Waals surface area contributed by atoms with E-state index in [1.165, 1.54) is 6.26 Å². The van der Waals surface area contributed by atoms with Gasteiger partial charge in [-0.1, -0.05) is 6.07 Å². The number of nitrogens with two attached hydrogens (primary N) is 1. The van der Waals surface area contributed by atoms with Crippen LogP contribution in [0.15, 0.2) is 53.7 Å². The van der Waals surface area contributed by atoms with Crippen LogP contribution in [-0.2, 0) is 14.6 Å². The van der Waals surface area contributed by atoms with Gasteiger partial charge in [0.15, 0.2) is 9.84 Å². The van der Waals surface area contributed by atoms with Gasteiger partial charge in [0.25, 0.3) is 0 Å². The van der Waals surface area contributed by atoms with E-state index in [0.717, 1.165) is 29.0 Å². The molecule has 1 fully saturated rings. The third kappa shape index (κ3) is 4.78. The molecule has 1 saturated heterocycles. The third-order valence-electron chi connectivity index (χ3n) is 5.15. The number of fused-ring (bicyclic) bond motifs is 1. The molecule has 30 heavy (non-hydrogen) atoms. The Morgan fingerprint density at radius 2 is 1.77 bits per heavy atom. The zero-order valence-electron chi connectivity index (χ0n) is 16.0. The number of hydrogen-bond acceptors (Lipinski definition) is 4. The van der Waals surface area contributed by atoms with Gasteiger partial charge in [0, 0.05) is 35.6 Å². The summed E-state index contributed by atoms with van der Waals surface area (Å²) in [5.41, 5.74) is 6.35. The highest BCUT2D eigenvalue weighted by Crippen LogP contribution is 2.34. The van der Waals surface area contributed by atoms with Crippen molar-refractivity contribution in [2.45, 2.75) is 29.5 Å². The van der Waals surface area contributed by atoms with Gasteiger partial charge in [0.05, 0.1) is 17.5 Å². The third-order valence-corrected chi connectivity index (χ3v) is 6.26. The summed E-state index contributed by atoms with van der Waals surface area (Å²) in [6.07, 6.45) is 4.73. The van der Waals surface area contributed by atoms with Crippen molar-refractivity contribution in [2.24, 2.45) is 5.73 Å². The van der Waals surface area contributed by atoms with Gasteiger partial charge in [-0.05, 0) is 42.1 Å². The second kappa shape index (κ2) is 9.20. The Morgan fingerprint density at radius 1 is 1.07 bits per heavy atom. The fourth-order valence-electron chi connectivity index (χ4n) is 3.69. The highest BCUT2D eigenvalue weighted by atomic mass is 35.5. The first-order valence-electron chi connectivity index (χ1n) is 8.86. The van der Waals surface area contributed by atoms with E-state index in [1.807, 2.05) is 17.0 Å². The number of hydrogen-bond donors (Lipinski definition) is 1.